The lowest BCUT2D eigenvalue weighted by Gasteiger charge is -2.45. The van der Waals surface area contributed by atoms with Crippen LogP contribution >= 0.6 is 89.9 Å². The Balaban J connectivity index is 0.000000157. The van der Waals surface area contributed by atoms with Gasteiger partial charge in [0.05, 0.1) is 46.0 Å². The molecule has 620 valence electrons. The third-order valence-corrected chi connectivity index (χ3v) is 25.5. The predicted octanol–water partition coefficient (Wildman–Crippen LogP) is 23.7. The van der Waals surface area contributed by atoms with Gasteiger partial charge in [-0.15, -0.1) is 0 Å². The summed E-state index contributed by atoms with van der Waals surface area (Å²) in [6.07, 6.45) is 9.94. The molecule has 0 bridgehead atoms. The van der Waals surface area contributed by atoms with E-state index in [2.05, 4.69) is 189 Å². The molecule has 0 atom stereocenters. The summed E-state index contributed by atoms with van der Waals surface area (Å²) < 4.78 is 28.7. The zero-order valence-electron chi connectivity index (χ0n) is 66.8. The highest BCUT2D eigenvalue weighted by atomic mass is 79.9. The fourth-order valence-electron chi connectivity index (χ4n) is 16.5. The van der Waals surface area contributed by atoms with E-state index >= 15 is 0 Å². The molecule has 4 N–H and O–H groups in total. The topological polar surface area (TPSA) is 192 Å². The van der Waals surface area contributed by atoms with Gasteiger partial charge in [0.1, 0.15) is 19.0 Å². The molecular formula is C98H91Br2Cl5FN9O6. The van der Waals surface area contributed by atoms with Crippen molar-refractivity contribution in [3.63, 3.8) is 0 Å². The Morgan fingerprint density at radius 3 is 1.39 bits per heavy atom. The van der Waals surface area contributed by atoms with E-state index in [9.17, 15) is 34.1 Å². The zero-order chi connectivity index (χ0) is 85.1. The van der Waals surface area contributed by atoms with Gasteiger partial charge in [-0.25, -0.2) is 4.39 Å². The van der Waals surface area contributed by atoms with E-state index in [1.807, 2.05) is 72.8 Å². The minimum absolute atomic E-state index is 0.0208. The van der Waals surface area contributed by atoms with Gasteiger partial charge in [-0.2, -0.15) is 10.5 Å². The third-order valence-electron chi connectivity index (χ3n) is 23.0. The number of hydrogen-bond acceptors (Lipinski definition) is 12. The van der Waals surface area contributed by atoms with Gasteiger partial charge in [-0.05, 0) is 217 Å². The van der Waals surface area contributed by atoms with E-state index in [1.54, 1.807) is 55.5 Å². The maximum atomic E-state index is 13.5. The first-order chi connectivity index (χ1) is 58.5. The number of piperidine rings is 3. The van der Waals surface area contributed by atoms with Crippen molar-refractivity contribution in [2.75, 3.05) is 75.0 Å². The van der Waals surface area contributed by atoms with Crippen LogP contribution in [-0.2, 0) is 53.7 Å². The van der Waals surface area contributed by atoms with Gasteiger partial charge in [0, 0.05) is 116 Å². The zero-order valence-corrected chi connectivity index (χ0v) is 73.8. The number of nitriles is 2. The molecule has 4 aliphatic rings. The molecule has 0 radical (unpaired) electrons. The largest absolute Gasteiger partial charge is 0.360 e. The average molecular weight is 1850 g/mol. The Labute approximate surface area is 748 Å². The van der Waals surface area contributed by atoms with Gasteiger partial charge in [-0.3, -0.25) is 34.3 Å². The number of nitrogens with one attached hydrogen (secondary N) is 4. The Morgan fingerprint density at radius 2 is 0.917 bits per heavy atom. The van der Waals surface area contributed by atoms with Crippen LogP contribution in [0.15, 0.2) is 258 Å². The molecule has 23 heteroatoms. The van der Waals surface area contributed by atoms with Crippen LogP contribution in [0.5, 0.6) is 0 Å². The summed E-state index contributed by atoms with van der Waals surface area (Å²) in [5, 5.41) is 32.5. The first kappa shape index (κ1) is 89.3. The molecule has 11 aromatic carbocycles. The van der Waals surface area contributed by atoms with Crippen LogP contribution in [0.1, 0.15) is 120 Å². The number of carbonyl (C=O) groups excluding carboxylic acids is 4. The molecule has 1 saturated carbocycles. The van der Waals surface area contributed by atoms with Crippen molar-refractivity contribution >= 4 is 130 Å². The van der Waals surface area contributed by atoms with Crippen LogP contribution in [0.4, 0.5) is 21.5 Å². The van der Waals surface area contributed by atoms with Gasteiger partial charge in [0.15, 0.2) is 5.78 Å². The Hall–Kier alpha value is -9.42. The highest BCUT2D eigenvalue weighted by molar-refractivity contribution is 9.10. The molecule has 0 aromatic heterocycles. The van der Waals surface area contributed by atoms with Crippen LogP contribution in [-0.4, -0.2) is 103 Å². The summed E-state index contributed by atoms with van der Waals surface area (Å²) in [6, 6.07) is 83.6. The van der Waals surface area contributed by atoms with E-state index in [4.69, 9.17) is 67.5 Å². The third kappa shape index (κ3) is 24.3. The number of amides is 3. The summed E-state index contributed by atoms with van der Waals surface area (Å²) in [7, 11) is 0. The number of ketones is 1. The smallest absolute Gasteiger partial charge is 0.250 e. The number of halogens is 8. The summed E-state index contributed by atoms with van der Waals surface area (Å²) >= 11 is 37.5. The number of anilines is 3. The highest BCUT2D eigenvalue weighted by Crippen LogP contribution is 2.43. The lowest BCUT2D eigenvalue weighted by Crippen LogP contribution is -2.54. The molecule has 3 aliphatic heterocycles. The second-order valence-electron chi connectivity index (χ2n) is 31.1. The minimum atomic E-state index is -0.624. The van der Waals surface area contributed by atoms with E-state index < -0.39 is 17.0 Å². The molecule has 121 heavy (non-hydrogen) atoms. The number of nitrogens with zero attached hydrogens (tertiary/aromatic N) is 5. The lowest BCUT2D eigenvalue weighted by atomic mass is 9.79. The summed E-state index contributed by atoms with van der Waals surface area (Å²) in [5.74, 6) is -1.20. The van der Waals surface area contributed by atoms with Crippen molar-refractivity contribution in [1.29, 1.82) is 10.5 Å². The highest BCUT2D eigenvalue weighted by Gasteiger charge is 2.42. The number of rotatable bonds is 24. The molecule has 3 amide bonds. The molecule has 3 heterocycles. The van der Waals surface area contributed by atoms with E-state index in [1.165, 1.54) is 55.0 Å². The molecular weight excluding hydrogens is 1760 g/mol. The van der Waals surface area contributed by atoms with E-state index in [-0.39, 0.29) is 53.8 Å². The molecule has 15 nitrogen and oxygen atoms in total. The molecule has 0 unspecified atom stereocenters. The summed E-state index contributed by atoms with van der Waals surface area (Å²) in [5.41, 5.74) is 13.7. The molecule has 11 aromatic rings. The van der Waals surface area contributed by atoms with Crippen LogP contribution in [0.3, 0.4) is 0 Å². The van der Waals surface area contributed by atoms with Crippen molar-refractivity contribution in [2.45, 2.75) is 107 Å². The minimum Gasteiger partial charge on any atom is -0.360 e. The second-order valence-corrected chi connectivity index (χ2v) is 35.0. The number of Topliss-reactive ketones (excluding diaryl/α,β-unsaturated/α-hetero) is 1. The van der Waals surface area contributed by atoms with E-state index in [0.717, 1.165) is 150 Å². The SMILES string of the molecule is CC(=O)c1ccc(-c2ccc(C3(NCC(=O)Nc4ccc(F)c(Cl)c4)CCN(C4CCCC4)CC3)cc2)cc1.N#Cc1cccc(-c2ccc(C3(OCC(=O)Nc4cc(Cl)cc(Cl)c4)CCN(Cc4cccc(Br)c4)CC3)cc2)c1.N#Cc1cccc(-c2ccc(C3(OCC(=O)Nc4cc(Cl)cc(Cl)c4)CCN(Cc4ccccc4Br)CC3)cc2)c1. The summed E-state index contributed by atoms with van der Waals surface area (Å²) in [6.45, 7) is 8.42. The van der Waals surface area contributed by atoms with Crippen LogP contribution in [0.25, 0.3) is 33.4 Å². The average Bonchev–Trinajstić information content (AvgIpc) is 1.49. The quantitative estimate of drug-likeness (QED) is 0.0419. The molecule has 15 rings (SSSR count). The van der Waals surface area contributed by atoms with Crippen LogP contribution in [0, 0.1) is 28.5 Å². The molecule has 0 spiro atoms. The van der Waals surface area contributed by atoms with Crippen LogP contribution < -0.4 is 21.3 Å². The van der Waals surface area contributed by atoms with Gasteiger partial charge < -0.3 is 30.3 Å². The van der Waals surface area contributed by atoms with Gasteiger partial charge in [0.2, 0.25) is 17.7 Å². The Morgan fingerprint density at radius 1 is 0.463 bits per heavy atom. The molecule has 4 fully saturated rings. The fraction of sp³-hybridized carbons (Fsp3) is 0.265. The molecule has 1 aliphatic carbocycles. The van der Waals surface area contributed by atoms with E-state index in [0.29, 0.717) is 59.9 Å². The molecule has 3 saturated heterocycles. The maximum absolute atomic E-state index is 13.5. The lowest BCUT2D eigenvalue weighted by molar-refractivity contribution is -0.135. The second kappa shape index (κ2) is 42.1. The number of carbonyl (C=O) groups is 4. The van der Waals surface area contributed by atoms with Crippen molar-refractivity contribution in [1.82, 2.24) is 20.0 Å². The first-order valence-corrected chi connectivity index (χ1v) is 43.9. The predicted molar refractivity (Wildman–Crippen MR) is 491 cm³/mol. The van der Waals surface area contributed by atoms with Crippen molar-refractivity contribution < 1.29 is 33.0 Å². The van der Waals surface area contributed by atoms with Gasteiger partial charge in [0.25, 0.3) is 0 Å². The van der Waals surface area contributed by atoms with Crippen LogP contribution in [0.2, 0.25) is 25.1 Å². The maximum Gasteiger partial charge on any atom is 0.250 e. The number of hydrogen-bond donors (Lipinski definition) is 4. The first-order valence-electron chi connectivity index (χ1n) is 40.4. The van der Waals surface area contributed by atoms with Crippen molar-refractivity contribution in [3.05, 3.63) is 333 Å². The Kier molecular flexibility index (Phi) is 31.1. The van der Waals surface area contributed by atoms with Gasteiger partial charge >= 0.3 is 0 Å². The number of likely N-dealkylation sites (tertiary alicyclic amines) is 3. The van der Waals surface area contributed by atoms with Crippen molar-refractivity contribution in [2.24, 2.45) is 0 Å². The number of benzene rings is 11. The Bertz CT molecular complexity index is 5510. The monoisotopic (exact) mass is 1840 g/mol. The fourth-order valence-corrected chi connectivity index (χ4v) is 18.6. The summed E-state index contributed by atoms with van der Waals surface area (Å²) in [4.78, 5) is 57.8. The standard InChI is InChI=1S/2C33H28BrCl2N3O2.C32H35ClFN3O2/c34-28-6-2-4-24(16-28)21-39-13-11-33(12-14-39,41-22-32(40)38-31-18-29(35)17-30(36)19-31)27-9-7-25(8-10-27)26-5-1-3-23(15-26)20-37;34-31-7-2-1-5-26(31)21-39-14-12-33(13-15-39,41-22-32(40)38-30-18-28(35)17-29(36)19-30)27-10-8-24(9-11-27)25-6-3-4-23(16-25)20-37;1-22(38)23-6-8-24(9-7-23)25-10-12-26(13-11-25)32(16-18-37(19-17-32)28-4-2-3-5-28)35-21-31(39)36-27-14-15-30(34)29(33)20-27/h1-10,15-19H,11-14,21-22H2,(H,38,40);1-11,16-19H,12-15,21-22H2,(H,38,40);6-15,20,28,35H,2-5,16-19,21H2,1H3,(H,36,39). The normalized spacial score (nSPS) is 15.7. The van der Waals surface area contributed by atoms with Gasteiger partial charge in [-0.1, -0.05) is 254 Å². The number of ether oxygens (including phenoxy) is 2. The van der Waals surface area contributed by atoms with Crippen molar-refractivity contribution in [3.8, 4) is 45.5 Å².